The molecule has 0 spiro atoms. The molecule has 0 aromatic heterocycles. The maximum Gasteiger partial charge on any atom is -0.00716 e. The summed E-state index contributed by atoms with van der Waals surface area (Å²) in [7, 11) is 0. The maximum absolute atomic E-state index is 5.06. The van der Waals surface area contributed by atoms with Crippen molar-refractivity contribution < 1.29 is 0 Å². The van der Waals surface area contributed by atoms with Crippen LogP contribution in [0.3, 0.4) is 0 Å². The first-order valence-corrected chi connectivity index (χ1v) is 3.72. The van der Waals surface area contributed by atoms with Gasteiger partial charge in [0.1, 0.15) is 0 Å². The molecule has 0 aromatic rings. The summed E-state index contributed by atoms with van der Waals surface area (Å²) in [5.74, 6) is 0.796. The predicted octanol–water partition coefficient (Wildman–Crippen LogP) is 2.57. The Bertz CT molecular complexity index is 90.6. The van der Waals surface area contributed by atoms with Crippen LogP contribution in [0.25, 0.3) is 0 Å². The van der Waals surface area contributed by atoms with Crippen molar-refractivity contribution in [2.75, 3.05) is 0 Å². The zero-order valence-corrected chi connectivity index (χ0v) is 6.13. The van der Waals surface area contributed by atoms with Crippen LogP contribution >= 0.6 is 12.2 Å². The van der Waals surface area contributed by atoms with Crippen LogP contribution in [0, 0.1) is 5.92 Å². The maximum atomic E-state index is 5.06. The Labute approximate surface area is 56.3 Å². The van der Waals surface area contributed by atoms with Gasteiger partial charge in [-0.15, -0.1) is 0 Å². The third-order valence-electron chi connectivity index (χ3n) is 1.93. The van der Waals surface area contributed by atoms with Gasteiger partial charge in [-0.25, -0.2) is 0 Å². The summed E-state index contributed by atoms with van der Waals surface area (Å²) >= 11 is 5.06. The van der Waals surface area contributed by atoms with Crippen LogP contribution in [-0.4, -0.2) is 4.86 Å². The Morgan fingerprint density at radius 1 is 1.38 bits per heavy atom. The van der Waals surface area contributed by atoms with Crippen LogP contribution in [-0.2, 0) is 0 Å². The Kier molecular flexibility index (Phi) is 2.01. The first-order chi connectivity index (χ1) is 3.80. The van der Waals surface area contributed by atoms with Gasteiger partial charge in [-0.2, -0.15) is 0 Å². The van der Waals surface area contributed by atoms with Crippen molar-refractivity contribution in [3.8, 4) is 0 Å². The minimum absolute atomic E-state index is 0.796. The van der Waals surface area contributed by atoms with Crippen LogP contribution in [0.1, 0.15) is 32.6 Å². The van der Waals surface area contributed by atoms with E-state index in [4.69, 9.17) is 12.2 Å². The molecule has 0 atom stereocenters. The van der Waals surface area contributed by atoms with Crippen LogP contribution in [0.15, 0.2) is 0 Å². The van der Waals surface area contributed by atoms with Gasteiger partial charge in [-0.1, -0.05) is 25.1 Å². The fraction of sp³-hybridized carbons (Fsp3) is 0.857. The van der Waals surface area contributed by atoms with E-state index in [1.165, 1.54) is 30.5 Å². The Hall–Kier alpha value is 0.0900. The average Bonchev–Trinajstić information content (AvgIpc) is 2.12. The van der Waals surface area contributed by atoms with Gasteiger partial charge in [0.2, 0.25) is 0 Å². The lowest BCUT2D eigenvalue weighted by Crippen LogP contribution is -2.01. The lowest BCUT2D eigenvalue weighted by Gasteiger charge is -2.02. The summed E-state index contributed by atoms with van der Waals surface area (Å²) in [5, 5.41) is 0. The van der Waals surface area contributed by atoms with Crippen molar-refractivity contribution in [3.63, 3.8) is 0 Å². The Morgan fingerprint density at radius 2 is 1.88 bits per heavy atom. The van der Waals surface area contributed by atoms with E-state index >= 15 is 0 Å². The summed E-state index contributed by atoms with van der Waals surface area (Å²) in [6.07, 6.45) is 5.52. The molecular weight excluding hydrogens is 116 g/mol. The van der Waals surface area contributed by atoms with E-state index in [1.807, 2.05) is 0 Å². The first kappa shape index (κ1) is 6.21. The van der Waals surface area contributed by atoms with Gasteiger partial charge in [0, 0.05) is 0 Å². The molecule has 0 aromatic carbocycles. The summed E-state index contributed by atoms with van der Waals surface area (Å²) in [6, 6.07) is 0. The second kappa shape index (κ2) is 2.58. The van der Waals surface area contributed by atoms with Crippen molar-refractivity contribution in [1.82, 2.24) is 0 Å². The molecule has 1 rings (SSSR count). The van der Waals surface area contributed by atoms with Crippen LogP contribution in [0.4, 0.5) is 0 Å². The monoisotopic (exact) mass is 128 g/mol. The highest BCUT2D eigenvalue weighted by atomic mass is 32.1. The van der Waals surface area contributed by atoms with Gasteiger partial charge in [-0.05, 0) is 30.5 Å². The van der Waals surface area contributed by atoms with E-state index < -0.39 is 0 Å². The highest BCUT2D eigenvalue weighted by Gasteiger charge is 2.15. The molecular formula is C7H12S. The number of thiocarbonyl (C=S) groups is 1. The van der Waals surface area contributed by atoms with Gasteiger partial charge in [0.25, 0.3) is 0 Å². The van der Waals surface area contributed by atoms with E-state index in [9.17, 15) is 0 Å². The molecule has 1 aliphatic rings. The zero-order valence-electron chi connectivity index (χ0n) is 5.31. The van der Waals surface area contributed by atoms with Crippen LogP contribution < -0.4 is 0 Å². The van der Waals surface area contributed by atoms with Crippen molar-refractivity contribution >= 4 is 17.1 Å². The second-order valence-electron chi connectivity index (χ2n) is 2.59. The smallest absolute Gasteiger partial charge is 0.00716 e. The van der Waals surface area contributed by atoms with Crippen molar-refractivity contribution in [3.05, 3.63) is 0 Å². The van der Waals surface area contributed by atoms with Crippen molar-refractivity contribution in [1.29, 1.82) is 0 Å². The summed E-state index contributed by atoms with van der Waals surface area (Å²) in [5.41, 5.74) is 0. The molecule has 1 heteroatoms. The summed E-state index contributed by atoms with van der Waals surface area (Å²) < 4.78 is 0. The molecule has 0 radical (unpaired) electrons. The highest BCUT2D eigenvalue weighted by molar-refractivity contribution is 7.80. The Morgan fingerprint density at radius 3 is 2.12 bits per heavy atom. The fourth-order valence-electron chi connectivity index (χ4n) is 1.33. The molecule has 1 fully saturated rings. The molecule has 0 amide bonds. The summed E-state index contributed by atoms with van der Waals surface area (Å²) in [6.45, 7) is 2.07. The van der Waals surface area contributed by atoms with Crippen molar-refractivity contribution in [2.45, 2.75) is 32.6 Å². The lowest BCUT2D eigenvalue weighted by molar-refractivity contribution is 0.736. The number of hydrogen-bond donors (Lipinski definition) is 0. The predicted molar refractivity (Wildman–Crippen MR) is 40.2 cm³/mol. The molecule has 0 saturated heterocycles. The third kappa shape index (κ3) is 1.28. The van der Waals surface area contributed by atoms with Gasteiger partial charge >= 0.3 is 0 Å². The summed E-state index contributed by atoms with van der Waals surface area (Å²) in [4.78, 5) is 1.22. The van der Waals surface area contributed by atoms with Gasteiger partial charge in [0.05, 0.1) is 0 Å². The number of rotatable bonds is 1. The van der Waals surface area contributed by atoms with Crippen LogP contribution in [0.5, 0.6) is 0 Å². The molecule has 1 aliphatic carbocycles. The van der Waals surface area contributed by atoms with Gasteiger partial charge in [0.15, 0.2) is 0 Å². The Balaban J connectivity index is 2.35. The largest absolute Gasteiger partial charge is 0.0897 e. The lowest BCUT2D eigenvalue weighted by atomic mass is 10.1. The van der Waals surface area contributed by atoms with Gasteiger partial charge < -0.3 is 0 Å². The molecule has 0 bridgehead atoms. The standard InChI is InChI=1S/C7H12S/c1-6(8)7-4-2-3-5-7/h7H,2-5H2,1H3. The van der Waals surface area contributed by atoms with Gasteiger partial charge in [-0.3, -0.25) is 0 Å². The first-order valence-electron chi connectivity index (χ1n) is 3.31. The minimum atomic E-state index is 0.796. The van der Waals surface area contributed by atoms with Crippen molar-refractivity contribution in [2.24, 2.45) is 5.92 Å². The number of hydrogen-bond acceptors (Lipinski definition) is 1. The highest BCUT2D eigenvalue weighted by Crippen LogP contribution is 2.25. The average molecular weight is 128 g/mol. The molecule has 0 N–H and O–H groups in total. The minimum Gasteiger partial charge on any atom is -0.0897 e. The normalized spacial score (nSPS) is 21.6. The molecule has 46 valence electrons. The third-order valence-corrected chi connectivity index (χ3v) is 2.26. The molecule has 1 saturated carbocycles. The van der Waals surface area contributed by atoms with E-state index in [0.717, 1.165) is 5.92 Å². The molecule has 0 nitrogen and oxygen atoms in total. The fourth-order valence-corrected chi connectivity index (χ4v) is 1.57. The van der Waals surface area contributed by atoms with Crippen LogP contribution in [0.2, 0.25) is 0 Å². The SMILES string of the molecule is CC(=S)C1CCCC1. The molecule has 8 heavy (non-hydrogen) atoms. The zero-order chi connectivity index (χ0) is 5.98. The second-order valence-corrected chi connectivity index (χ2v) is 3.24. The quantitative estimate of drug-likeness (QED) is 0.489. The van der Waals surface area contributed by atoms with E-state index in [1.54, 1.807) is 0 Å². The molecule has 0 heterocycles. The van der Waals surface area contributed by atoms with E-state index in [2.05, 4.69) is 6.92 Å². The van der Waals surface area contributed by atoms with E-state index in [0.29, 0.717) is 0 Å². The molecule has 0 unspecified atom stereocenters. The van der Waals surface area contributed by atoms with E-state index in [-0.39, 0.29) is 0 Å². The topological polar surface area (TPSA) is 0 Å². The molecule has 0 aliphatic heterocycles.